The number of aromatic amines is 1. The minimum atomic E-state index is -0.869. The fraction of sp³-hybridized carbons (Fsp3) is 0.200. The molecule has 5 nitrogen and oxygen atoms in total. The number of carbonyl (C=O) groups excluding carboxylic acids is 1. The molecule has 1 amide bonds. The van der Waals surface area contributed by atoms with E-state index in [0.29, 0.717) is 30.3 Å². The number of halogens is 4. The molecule has 2 heterocycles. The monoisotopic (exact) mass is 421 g/mol. The minimum absolute atomic E-state index is 0.0687. The van der Waals surface area contributed by atoms with Gasteiger partial charge in [-0.2, -0.15) is 0 Å². The highest BCUT2D eigenvalue weighted by Gasteiger charge is 2.24. The molecule has 1 aromatic heterocycles. The summed E-state index contributed by atoms with van der Waals surface area (Å²) in [7, 11) is 0. The first-order chi connectivity index (χ1) is 13.8. The Morgan fingerprint density at radius 1 is 1.21 bits per heavy atom. The van der Waals surface area contributed by atoms with Crippen LogP contribution in [0, 0.1) is 17.5 Å². The van der Waals surface area contributed by atoms with Crippen molar-refractivity contribution in [1.29, 1.82) is 0 Å². The van der Waals surface area contributed by atoms with E-state index in [-0.39, 0.29) is 40.1 Å². The molecule has 9 heteroatoms. The van der Waals surface area contributed by atoms with Crippen molar-refractivity contribution in [2.75, 3.05) is 18.4 Å². The summed E-state index contributed by atoms with van der Waals surface area (Å²) in [5.74, 6) is -2.77. The zero-order valence-corrected chi connectivity index (χ0v) is 15.7. The van der Waals surface area contributed by atoms with Gasteiger partial charge in [-0.15, -0.1) is 0 Å². The number of aromatic nitrogens is 1. The van der Waals surface area contributed by atoms with Crippen LogP contribution in [0.15, 0.2) is 35.1 Å². The van der Waals surface area contributed by atoms with Crippen molar-refractivity contribution < 1.29 is 18.0 Å². The lowest BCUT2D eigenvalue weighted by Crippen LogP contribution is -2.39. The molecule has 0 spiro atoms. The molecule has 1 aliphatic heterocycles. The lowest BCUT2D eigenvalue weighted by atomic mass is 10.0. The Balaban J connectivity index is 1.54. The molecule has 4 rings (SSSR count). The number of fused-ring (bicyclic) bond motifs is 2. The Kier molecular flexibility index (Phi) is 5.06. The lowest BCUT2D eigenvalue weighted by molar-refractivity contribution is -0.117. The fourth-order valence-corrected chi connectivity index (χ4v) is 3.62. The molecular weight excluding hydrogens is 407 g/mol. The maximum Gasteiger partial charge on any atom is 0.238 e. The van der Waals surface area contributed by atoms with E-state index in [1.165, 1.54) is 12.1 Å². The number of hydrogen-bond acceptors (Lipinski definition) is 3. The van der Waals surface area contributed by atoms with Crippen LogP contribution >= 0.6 is 11.6 Å². The molecule has 0 saturated heterocycles. The fourth-order valence-electron chi connectivity index (χ4n) is 3.46. The van der Waals surface area contributed by atoms with Gasteiger partial charge in [0.1, 0.15) is 11.6 Å². The molecule has 3 aromatic rings. The average Bonchev–Trinajstić information content (AvgIpc) is 2.68. The molecule has 0 fully saturated rings. The molecule has 0 atom stereocenters. The normalized spacial score (nSPS) is 14.1. The summed E-state index contributed by atoms with van der Waals surface area (Å²) < 4.78 is 40.9. The van der Waals surface area contributed by atoms with Gasteiger partial charge in [-0.25, -0.2) is 13.2 Å². The number of anilines is 1. The summed E-state index contributed by atoms with van der Waals surface area (Å²) in [6.07, 6.45) is 0.407. The molecular formula is C20H15ClF3N3O2. The predicted molar refractivity (Wildman–Crippen MR) is 104 cm³/mol. The molecule has 0 aliphatic carbocycles. The Morgan fingerprint density at radius 2 is 2.00 bits per heavy atom. The summed E-state index contributed by atoms with van der Waals surface area (Å²) in [6, 6.07) is 5.66. The number of nitrogens with zero attached hydrogens (tertiary/aromatic N) is 1. The molecule has 0 radical (unpaired) electrons. The van der Waals surface area contributed by atoms with Gasteiger partial charge in [0.2, 0.25) is 5.91 Å². The molecule has 0 saturated carbocycles. The first kappa shape index (κ1) is 19.5. The first-order valence-electron chi connectivity index (χ1n) is 8.82. The van der Waals surface area contributed by atoms with Gasteiger partial charge in [0.05, 0.1) is 22.8 Å². The van der Waals surface area contributed by atoms with Crippen LogP contribution in [0.4, 0.5) is 18.9 Å². The Labute approximate surface area is 168 Å². The number of nitrogens with one attached hydrogen (secondary N) is 2. The second-order valence-corrected chi connectivity index (χ2v) is 7.24. The zero-order chi connectivity index (χ0) is 20.7. The van der Waals surface area contributed by atoms with E-state index in [1.54, 1.807) is 4.90 Å². The smallest absolute Gasteiger partial charge is 0.238 e. The van der Waals surface area contributed by atoms with Crippen molar-refractivity contribution in [3.63, 3.8) is 0 Å². The van der Waals surface area contributed by atoms with Crippen molar-refractivity contribution >= 4 is 34.1 Å². The molecule has 0 unspecified atom stereocenters. The molecule has 2 N–H and O–H groups in total. The summed E-state index contributed by atoms with van der Waals surface area (Å²) >= 11 is 5.79. The number of pyridine rings is 1. The topological polar surface area (TPSA) is 65.2 Å². The molecule has 1 aliphatic rings. The van der Waals surface area contributed by atoms with Crippen molar-refractivity contribution in [3.8, 4) is 0 Å². The van der Waals surface area contributed by atoms with Crippen molar-refractivity contribution in [1.82, 2.24) is 9.88 Å². The van der Waals surface area contributed by atoms with Gasteiger partial charge in [0.15, 0.2) is 11.2 Å². The van der Waals surface area contributed by atoms with Crippen LogP contribution in [-0.4, -0.2) is 28.9 Å². The van der Waals surface area contributed by atoms with E-state index < -0.39 is 23.4 Å². The SMILES string of the molecule is O=C(CN1CCc2[nH]c3c(F)c(Cl)ccc3c(=O)c2C1)Nc1ccc(F)cc1F. The second kappa shape index (κ2) is 7.53. The molecule has 0 bridgehead atoms. The van der Waals surface area contributed by atoms with Gasteiger partial charge in [-0.1, -0.05) is 11.6 Å². The van der Waals surface area contributed by atoms with E-state index in [2.05, 4.69) is 10.3 Å². The maximum atomic E-state index is 14.2. The van der Waals surface area contributed by atoms with Crippen LogP contribution in [-0.2, 0) is 17.8 Å². The number of benzene rings is 2. The molecule has 150 valence electrons. The number of hydrogen-bond donors (Lipinski definition) is 2. The Morgan fingerprint density at radius 3 is 2.76 bits per heavy atom. The predicted octanol–water partition coefficient (Wildman–Crippen LogP) is 3.60. The van der Waals surface area contributed by atoms with Gasteiger partial charge >= 0.3 is 0 Å². The van der Waals surface area contributed by atoms with E-state index in [0.717, 1.165) is 12.1 Å². The van der Waals surface area contributed by atoms with Gasteiger partial charge in [0, 0.05) is 42.2 Å². The van der Waals surface area contributed by atoms with Crippen LogP contribution in [0.3, 0.4) is 0 Å². The maximum absolute atomic E-state index is 14.2. The molecule has 2 aromatic carbocycles. The minimum Gasteiger partial charge on any atom is -0.355 e. The third-order valence-electron chi connectivity index (χ3n) is 4.89. The standard InChI is InChI=1S/C20H15ClF3N3O2/c21-13-3-2-11-19(18(13)24)26-15-5-6-27(8-12(15)20(11)29)9-17(28)25-16-4-1-10(22)7-14(16)23/h1-4,7H,5-6,8-9H2,(H,25,28)(H,26,29). The number of rotatable bonds is 3. The van der Waals surface area contributed by atoms with Gasteiger partial charge in [-0.3, -0.25) is 14.5 Å². The van der Waals surface area contributed by atoms with E-state index in [1.807, 2.05) is 0 Å². The van der Waals surface area contributed by atoms with E-state index >= 15 is 0 Å². The Hall–Kier alpha value is -2.84. The Bertz CT molecular complexity index is 1200. The second-order valence-electron chi connectivity index (χ2n) is 6.83. The van der Waals surface area contributed by atoms with E-state index in [4.69, 9.17) is 11.6 Å². The summed E-state index contributed by atoms with van der Waals surface area (Å²) in [4.78, 5) is 29.7. The largest absolute Gasteiger partial charge is 0.355 e. The highest BCUT2D eigenvalue weighted by atomic mass is 35.5. The van der Waals surface area contributed by atoms with Crippen LogP contribution in [0.5, 0.6) is 0 Å². The summed E-state index contributed by atoms with van der Waals surface area (Å²) in [6.45, 7) is 0.544. The quantitative estimate of drug-likeness (QED) is 0.679. The zero-order valence-electron chi connectivity index (χ0n) is 15.0. The number of amides is 1. The van der Waals surface area contributed by atoms with Gasteiger partial charge < -0.3 is 10.3 Å². The van der Waals surface area contributed by atoms with Crippen LogP contribution in [0.2, 0.25) is 5.02 Å². The third kappa shape index (κ3) is 3.73. The van der Waals surface area contributed by atoms with E-state index in [9.17, 15) is 22.8 Å². The van der Waals surface area contributed by atoms with Crippen LogP contribution in [0.25, 0.3) is 10.9 Å². The first-order valence-corrected chi connectivity index (χ1v) is 9.20. The van der Waals surface area contributed by atoms with Gasteiger partial charge in [0.25, 0.3) is 0 Å². The van der Waals surface area contributed by atoms with Gasteiger partial charge in [-0.05, 0) is 24.3 Å². The molecule has 29 heavy (non-hydrogen) atoms. The average molecular weight is 422 g/mol. The van der Waals surface area contributed by atoms with Crippen molar-refractivity contribution in [2.45, 2.75) is 13.0 Å². The summed E-state index contributed by atoms with van der Waals surface area (Å²) in [5, 5.41) is 2.51. The number of carbonyl (C=O) groups is 1. The highest BCUT2D eigenvalue weighted by Crippen LogP contribution is 2.24. The highest BCUT2D eigenvalue weighted by molar-refractivity contribution is 6.31. The third-order valence-corrected chi connectivity index (χ3v) is 5.18. The van der Waals surface area contributed by atoms with Crippen LogP contribution < -0.4 is 10.7 Å². The van der Waals surface area contributed by atoms with Crippen LogP contribution in [0.1, 0.15) is 11.3 Å². The number of H-pyrrole nitrogens is 1. The summed E-state index contributed by atoms with van der Waals surface area (Å²) in [5.41, 5.74) is 0.680. The lowest BCUT2D eigenvalue weighted by Gasteiger charge is -2.28. The van der Waals surface area contributed by atoms with Crippen molar-refractivity contribution in [2.24, 2.45) is 0 Å². The van der Waals surface area contributed by atoms with Crippen molar-refractivity contribution in [3.05, 3.63) is 74.3 Å².